The molecule has 3 aromatic carbocycles. The van der Waals surface area contributed by atoms with Crippen molar-refractivity contribution in [2.75, 3.05) is 21.3 Å². The summed E-state index contributed by atoms with van der Waals surface area (Å²) in [6.45, 7) is 19.7. The number of pyridine rings is 2. The minimum Gasteiger partial charge on any atom is -0.870 e. The molecule has 2 aromatic heterocycles. The number of aromatic nitrogens is 2. The van der Waals surface area contributed by atoms with Gasteiger partial charge in [-0.1, -0.05) is 93.4 Å². The van der Waals surface area contributed by atoms with Gasteiger partial charge in [0.2, 0.25) is 0 Å². The molecule has 2 heterocycles. The summed E-state index contributed by atoms with van der Waals surface area (Å²) in [5, 5.41) is 14.1. The molecule has 5 N–H and O–H groups in total. The van der Waals surface area contributed by atoms with Crippen molar-refractivity contribution in [2.45, 2.75) is 86.2 Å². The number of rotatable bonds is 11. The third-order valence-corrected chi connectivity index (χ3v) is 7.77. The molecule has 50 heavy (non-hydrogen) atoms. The van der Waals surface area contributed by atoms with Crippen LogP contribution in [-0.2, 0) is 0 Å². The van der Waals surface area contributed by atoms with Gasteiger partial charge in [0, 0.05) is 29.0 Å². The third-order valence-electron chi connectivity index (χ3n) is 7.56. The number of anilines is 6. The number of nitrogens with zero attached hydrogens (tertiary/aromatic N) is 2. The number of benzene rings is 3. The molecule has 5 aromatic rings. The molecule has 9 heteroatoms. The molecule has 260 valence electrons. The predicted molar refractivity (Wildman–Crippen MR) is 211 cm³/mol. The van der Waals surface area contributed by atoms with E-state index in [1.807, 2.05) is 54.6 Å². The van der Waals surface area contributed by atoms with Gasteiger partial charge < -0.3 is 26.7 Å². The van der Waals surface area contributed by atoms with E-state index in [1.54, 1.807) is 6.07 Å². The zero-order valence-corrected chi connectivity index (χ0v) is 34.0. The van der Waals surface area contributed by atoms with Gasteiger partial charge in [-0.25, -0.2) is 9.97 Å². The van der Waals surface area contributed by atoms with Crippen LogP contribution in [0.1, 0.15) is 83.9 Å². The Bertz CT molecular complexity index is 1740. The van der Waals surface area contributed by atoms with Gasteiger partial charge in [-0.15, -0.1) is 0 Å². The molecule has 0 saturated heterocycles. The second kappa shape index (κ2) is 20.3. The van der Waals surface area contributed by atoms with Crippen molar-refractivity contribution in [3.05, 3.63) is 119 Å². The molecule has 0 atom stereocenters. The Morgan fingerprint density at radius 1 is 0.560 bits per heavy atom. The van der Waals surface area contributed by atoms with E-state index in [1.165, 1.54) is 22.3 Å². The number of aryl methyl sites for hydroxylation is 1. The normalized spacial score (nSPS) is 10.6. The summed E-state index contributed by atoms with van der Waals surface area (Å²) in [5.41, 5.74) is 10.3. The molecule has 7 nitrogen and oxygen atoms in total. The number of hydrogen-bond acceptors (Lipinski definition) is 7. The van der Waals surface area contributed by atoms with Gasteiger partial charge in [0.05, 0.1) is 17.1 Å². The van der Waals surface area contributed by atoms with Crippen LogP contribution in [0.4, 0.5) is 34.4 Å². The van der Waals surface area contributed by atoms with Crippen molar-refractivity contribution >= 4 is 46.0 Å². The Kier molecular flexibility index (Phi) is 17.3. The maximum Gasteiger partial charge on any atom is 1.00 e. The maximum absolute atomic E-state index is 5.94. The molecule has 0 amide bonds. The van der Waals surface area contributed by atoms with Crippen LogP contribution in [0.3, 0.4) is 0 Å². The number of hydrogen-bond donors (Lipinski definition) is 4. The first-order chi connectivity index (χ1) is 22.9. The van der Waals surface area contributed by atoms with Gasteiger partial charge >= 0.3 is 29.6 Å². The summed E-state index contributed by atoms with van der Waals surface area (Å²) in [6, 6.07) is 33.5. The van der Waals surface area contributed by atoms with E-state index in [0.717, 1.165) is 40.1 Å². The van der Waals surface area contributed by atoms with E-state index >= 15 is 0 Å². The first-order valence-electron chi connectivity index (χ1n) is 16.9. The van der Waals surface area contributed by atoms with Gasteiger partial charge in [-0.3, -0.25) is 0 Å². The van der Waals surface area contributed by atoms with E-state index < -0.39 is 0 Å². The van der Waals surface area contributed by atoms with E-state index in [0.29, 0.717) is 29.1 Å². The molecule has 0 spiro atoms. The Hall–Kier alpha value is -3.59. The summed E-state index contributed by atoms with van der Waals surface area (Å²) in [4.78, 5) is 9.45. The molecule has 0 aliphatic rings. The largest absolute Gasteiger partial charge is 1.00 e. The monoisotopic (exact) mass is 702 g/mol. The third kappa shape index (κ3) is 12.3. The van der Waals surface area contributed by atoms with Crippen molar-refractivity contribution < 1.29 is 35.0 Å². The summed E-state index contributed by atoms with van der Waals surface area (Å²) in [6.07, 6.45) is 0. The zero-order valence-electron chi connectivity index (χ0n) is 31.3. The van der Waals surface area contributed by atoms with Gasteiger partial charge in [-0.2, -0.15) is 0 Å². The maximum atomic E-state index is 5.94. The van der Waals surface area contributed by atoms with E-state index in [4.69, 9.17) is 16.6 Å². The van der Waals surface area contributed by atoms with Crippen LogP contribution in [0.5, 0.6) is 0 Å². The predicted octanol–water partition coefficient (Wildman–Crippen LogP) is 8.99. The summed E-state index contributed by atoms with van der Waals surface area (Å²) < 4.78 is 0. The van der Waals surface area contributed by atoms with Crippen molar-refractivity contribution in [1.29, 1.82) is 0 Å². The fourth-order valence-electron chi connectivity index (χ4n) is 5.45. The topological polar surface area (TPSA) is 104 Å². The molecule has 0 aliphatic heterocycles. The summed E-state index contributed by atoms with van der Waals surface area (Å²) in [5.74, 6) is 2.45. The molecule has 0 bridgehead atoms. The molecule has 0 fully saturated rings. The van der Waals surface area contributed by atoms with Crippen LogP contribution in [-0.4, -0.2) is 27.5 Å². The van der Waals surface area contributed by atoms with Gasteiger partial charge in [0.15, 0.2) is 11.6 Å². The van der Waals surface area contributed by atoms with Crippen LogP contribution in [0.25, 0.3) is 11.3 Å². The molecule has 0 aliphatic carbocycles. The smallest absolute Gasteiger partial charge is 0.870 e. The molecule has 0 radical (unpaired) electrons. The second-order valence-electron chi connectivity index (χ2n) is 13.3. The zero-order chi connectivity index (χ0) is 34.8. The Morgan fingerprint density at radius 3 is 1.40 bits per heavy atom. The molecular weight excluding hydrogens is 651 g/mol. The van der Waals surface area contributed by atoms with Crippen LogP contribution in [0, 0.1) is 6.92 Å². The van der Waals surface area contributed by atoms with Crippen LogP contribution in [0.2, 0.25) is 5.15 Å². The van der Waals surface area contributed by atoms with E-state index in [9.17, 15) is 0 Å². The number of para-hydroxylation sites is 2. The van der Waals surface area contributed by atoms with Crippen molar-refractivity contribution in [3.63, 3.8) is 0 Å². The average molecular weight is 703 g/mol. The van der Waals surface area contributed by atoms with Crippen molar-refractivity contribution in [2.24, 2.45) is 0 Å². The Morgan fingerprint density at radius 2 is 0.980 bits per heavy atom. The first-order valence-corrected chi connectivity index (χ1v) is 17.3. The molecule has 5 rings (SSSR count). The number of nitrogens with one attached hydrogen (secondary N) is 4. The first kappa shape index (κ1) is 42.6. The minimum absolute atomic E-state index is 0. The van der Waals surface area contributed by atoms with Gasteiger partial charge in [0.1, 0.15) is 5.15 Å². The van der Waals surface area contributed by atoms with Crippen LogP contribution in [0.15, 0.2) is 97.1 Å². The van der Waals surface area contributed by atoms with Crippen LogP contribution >= 0.6 is 11.6 Å². The second-order valence-corrected chi connectivity index (χ2v) is 13.7. The Labute approximate surface area is 326 Å². The quantitative estimate of drug-likeness (QED) is 0.0805. The van der Waals surface area contributed by atoms with Gasteiger partial charge in [-0.05, 0) is 106 Å². The van der Waals surface area contributed by atoms with Crippen molar-refractivity contribution in [3.8, 4) is 11.3 Å². The van der Waals surface area contributed by atoms with Gasteiger partial charge in [0.25, 0.3) is 0 Å². The van der Waals surface area contributed by atoms with Crippen LogP contribution < -0.4 is 50.8 Å². The number of halogens is 1. The molecule has 0 unspecified atom stereocenters. The molecule has 0 saturated carbocycles. The summed E-state index contributed by atoms with van der Waals surface area (Å²) in [7, 11) is 0. The minimum atomic E-state index is 0. The standard InChI is InChI=1S/C27H35N3.C14H16ClN3.Na.H2O/c1-17(2)22-15-20(7)16-23(18(3)4)26(22)24-13-14-25(28-19(5)6)27(30-24)29-21-11-9-8-10-12-21;1-10(2)16-12-8-9-13(15)18-14(12)17-11-6-4-3-5-7-11;;/h8-19,28H,1-7H3,(H,29,30);3-10,16H,1-2H3,(H,17,18);;1H2/q;;+1;/p-1. The average Bonchev–Trinajstić information content (AvgIpc) is 3.04. The SMILES string of the molecule is CC(C)Nc1ccc(Cl)nc1Nc1ccccc1.Cc1cc(C(C)C)c(-c2ccc(NC(C)C)c(Nc3ccccc3)n2)c(C(C)C)c1.[Na+].[OH-]. The summed E-state index contributed by atoms with van der Waals surface area (Å²) >= 11 is 5.94. The fourth-order valence-corrected chi connectivity index (χ4v) is 5.59. The van der Waals surface area contributed by atoms with E-state index in [2.05, 4.69) is 125 Å². The fraction of sp³-hybridized carbons (Fsp3) is 0.317. The van der Waals surface area contributed by atoms with Crippen molar-refractivity contribution in [1.82, 2.24) is 9.97 Å². The Balaban J connectivity index is 0.000000373. The van der Waals surface area contributed by atoms with E-state index in [-0.39, 0.29) is 35.0 Å². The molecular formula is C41H52ClN6NaO.